The van der Waals surface area contributed by atoms with Crippen molar-refractivity contribution in [2.75, 3.05) is 11.6 Å². The monoisotopic (exact) mass is 204 g/mol. The Morgan fingerprint density at radius 1 is 1.75 bits per heavy atom. The lowest BCUT2D eigenvalue weighted by Gasteiger charge is -2.03. The number of alkyl halides is 1. The Morgan fingerprint density at radius 3 is 3.00 bits per heavy atom. The lowest BCUT2D eigenvalue weighted by atomic mass is 10.3. The van der Waals surface area contributed by atoms with E-state index in [2.05, 4.69) is 12.0 Å². The largest absolute Gasteiger partial charge is 0.275 e. The van der Waals surface area contributed by atoms with Crippen molar-refractivity contribution >= 4 is 23.4 Å². The van der Waals surface area contributed by atoms with Crippen LogP contribution in [0.4, 0.5) is 0 Å². The topological polar surface area (TPSA) is 17.8 Å². The molecule has 0 aliphatic carbocycles. The van der Waals surface area contributed by atoms with Crippen LogP contribution >= 0.6 is 23.4 Å². The van der Waals surface area contributed by atoms with Crippen LogP contribution in [0.15, 0.2) is 17.3 Å². The van der Waals surface area contributed by atoms with Crippen molar-refractivity contribution in [3.8, 4) is 0 Å². The lowest BCUT2D eigenvalue weighted by molar-refractivity contribution is 0.758. The van der Waals surface area contributed by atoms with E-state index >= 15 is 0 Å². The van der Waals surface area contributed by atoms with E-state index in [1.165, 1.54) is 4.90 Å². The van der Waals surface area contributed by atoms with Gasteiger partial charge in [-0.3, -0.25) is 4.68 Å². The normalized spacial score (nSPS) is 13.2. The van der Waals surface area contributed by atoms with Crippen LogP contribution in [0.2, 0.25) is 0 Å². The van der Waals surface area contributed by atoms with Gasteiger partial charge in [-0.2, -0.15) is 5.10 Å². The van der Waals surface area contributed by atoms with Crippen molar-refractivity contribution in [1.29, 1.82) is 0 Å². The number of halogens is 1. The maximum Gasteiger partial charge on any atom is 0.0625 e. The first-order valence-corrected chi connectivity index (χ1v) is 5.41. The minimum atomic E-state index is 0.567. The predicted octanol–water partition coefficient (Wildman–Crippen LogP) is 2.39. The smallest absolute Gasteiger partial charge is 0.0625 e. The van der Waals surface area contributed by atoms with Crippen LogP contribution in [0.3, 0.4) is 0 Å². The standard InChI is InChI=1S/C8H13ClN2S/c1-7(3-9)6-12-8-4-10-11(2)5-8/h4-5,7H,3,6H2,1-2H3. The Kier molecular flexibility index (Phi) is 3.95. The van der Waals surface area contributed by atoms with Crippen LogP contribution in [0, 0.1) is 5.92 Å². The van der Waals surface area contributed by atoms with Gasteiger partial charge < -0.3 is 0 Å². The van der Waals surface area contributed by atoms with E-state index in [9.17, 15) is 0 Å². The number of nitrogens with zero attached hydrogens (tertiary/aromatic N) is 2. The molecule has 0 radical (unpaired) electrons. The van der Waals surface area contributed by atoms with Gasteiger partial charge in [0, 0.05) is 29.8 Å². The van der Waals surface area contributed by atoms with E-state index in [0.29, 0.717) is 5.92 Å². The summed E-state index contributed by atoms with van der Waals surface area (Å²) < 4.78 is 1.81. The fourth-order valence-corrected chi connectivity index (χ4v) is 1.94. The summed E-state index contributed by atoms with van der Waals surface area (Å²) in [6, 6.07) is 0. The number of hydrogen-bond donors (Lipinski definition) is 0. The minimum Gasteiger partial charge on any atom is -0.275 e. The van der Waals surface area contributed by atoms with Crippen molar-refractivity contribution in [3.05, 3.63) is 12.4 Å². The molecule has 1 rings (SSSR count). The molecule has 0 amide bonds. The van der Waals surface area contributed by atoms with Gasteiger partial charge in [0.1, 0.15) is 0 Å². The molecule has 0 spiro atoms. The van der Waals surface area contributed by atoms with Crippen LogP contribution in [0.5, 0.6) is 0 Å². The predicted molar refractivity (Wildman–Crippen MR) is 53.8 cm³/mol. The van der Waals surface area contributed by atoms with E-state index in [1.54, 1.807) is 11.8 Å². The Morgan fingerprint density at radius 2 is 2.50 bits per heavy atom. The molecular weight excluding hydrogens is 192 g/mol. The molecule has 0 saturated heterocycles. The zero-order valence-electron chi connectivity index (χ0n) is 7.33. The van der Waals surface area contributed by atoms with Gasteiger partial charge in [-0.1, -0.05) is 6.92 Å². The number of rotatable bonds is 4. The zero-order chi connectivity index (χ0) is 8.97. The molecule has 0 bridgehead atoms. The van der Waals surface area contributed by atoms with Gasteiger partial charge in [0.25, 0.3) is 0 Å². The van der Waals surface area contributed by atoms with Crippen molar-refractivity contribution < 1.29 is 0 Å². The lowest BCUT2D eigenvalue weighted by Crippen LogP contribution is -1.98. The van der Waals surface area contributed by atoms with Crippen LogP contribution in [-0.2, 0) is 7.05 Å². The third kappa shape index (κ3) is 3.07. The minimum absolute atomic E-state index is 0.567. The van der Waals surface area contributed by atoms with Crippen molar-refractivity contribution in [2.45, 2.75) is 11.8 Å². The third-order valence-corrected chi connectivity index (χ3v) is 3.29. The second kappa shape index (κ2) is 4.77. The van der Waals surface area contributed by atoms with Gasteiger partial charge in [-0.15, -0.1) is 23.4 Å². The number of hydrogen-bond acceptors (Lipinski definition) is 2. The molecule has 68 valence electrons. The number of aryl methyl sites for hydroxylation is 1. The second-order valence-electron chi connectivity index (χ2n) is 2.92. The maximum atomic E-state index is 5.69. The number of aromatic nitrogens is 2. The molecule has 0 aliphatic rings. The zero-order valence-corrected chi connectivity index (χ0v) is 8.90. The Balaban J connectivity index is 2.33. The fourth-order valence-electron chi connectivity index (χ4n) is 0.756. The number of thioether (sulfide) groups is 1. The summed E-state index contributed by atoms with van der Waals surface area (Å²) in [6.45, 7) is 2.15. The Bertz CT molecular complexity index is 237. The fraction of sp³-hybridized carbons (Fsp3) is 0.625. The van der Waals surface area contributed by atoms with Gasteiger partial charge in [0.2, 0.25) is 0 Å². The molecule has 0 aliphatic heterocycles. The van der Waals surface area contributed by atoms with Gasteiger partial charge >= 0.3 is 0 Å². The highest BCUT2D eigenvalue weighted by Gasteiger charge is 2.02. The second-order valence-corrected chi connectivity index (χ2v) is 4.32. The summed E-state index contributed by atoms with van der Waals surface area (Å²) in [4.78, 5) is 1.22. The van der Waals surface area contributed by atoms with E-state index in [-0.39, 0.29) is 0 Å². The summed E-state index contributed by atoms with van der Waals surface area (Å²) in [6.07, 6.45) is 3.90. The summed E-state index contributed by atoms with van der Waals surface area (Å²) in [7, 11) is 1.93. The molecule has 1 aromatic heterocycles. The highest BCUT2D eigenvalue weighted by Crippen LogP contribution is 2.19. The van der Waals surface area contributed by atoms with E-state index in [0.717, 1.165) is 11.6 Å². The van der Waals surface area contributed by atoms with Gasteiger partial charge in [-0.25, -0.2) is 0 Å². The van der Waals surface area contributed by atoms with Gasteiger partial charge in [0.05, 0.1) is 6.20 Å². The average Bonchev–Trinajstić information content (AvgIpc) is 2.47. The highest BCUT2D eigenvalue weighted by atomic mass is 35.5. The molecule has 1 aromatic rings. The molecule has 4 heteroatoms. The molecule has 0 fully saturated rings. The Hall–Kier alpha value is -0.150. The molecule has 2 nitrogen and oxygen atoms in total. The molecule has 1 heterocycles. The average molecular weight is 205 g/mol. The summed E-state index contributed by atoms with van der Waals surface area (Å²) in [5, 5.41) is 4.08. The maximum absolute atomic E-state index is 5.69. The molecule has 0 N–H and O–H groups in total. The molecule has 0 aromatic carbocycles. The molecular formula is C8H13ClN2S. The summed E-state index contributed by atoms with van der Waals surface area (Å²) in [5.74, 6) is 2.36. The van der Waals surface area contributed by atoms with Crippen LogP contribution < -0.4 is 0 Å². The van der Waals surface area contributed by atoms with E-state index < -0.39 is 0 Å². The molecule has 1 unspecified atom stereocenters. The van der Waals surface area contributed by atoms with Crippen molar-refractivity contribution in [2.24, 2.45) is 13.0 Å². The quantitative estimate of drug-likeness (QED) is 0.554. The van der Waals surface area contributed by atoms with Crippen LogP contribution in [0.25, 0.3) is 0 Å². The summed E-state index contributed by atoms with van der Waals surface area (Å²) >= 11 is 7.50. The molecule has 0 saturated carbocycles. The molecule has 12 heavy (non-hydrogen) atoms. The first-order chi connectivity index (χ1) is 5.72. The Labute approximate surface area is 82.3 Å². The third-order valence-electron chi connectivity index (χ3n) is 1.48. The van der Waals surface area contributed by atoms with Crippen LogP contribution in [0.1, 0.15) is 6.92 Å². The van der Waals surface area contributed by atoms with Gasteiger partial charge in [-0.05, 0) is 5.92 Å². The van der Waals surface area contributed by atoms with Crippen LogP contribution in [-0.4, -0.2) is 21.4 Å². The highest BCUT2D eigenvalue weighted by molar-refractivity contribution is 7.99. The van der Waals surface area contributed by atoms with Gasteiger partial charge in [0.15, 0.2) is 0 Å². The summed E-state index contributed by atoms with van der Waals surface area (Å²) in [5.41, 5.74) is 0. The first kappa shape index (κ1) is 9.93. The molecule has 1 atom stereocenters. The first-order valence-electron chi connectivity index (χ1n) is 3.89. The van der Waals surface area contributed by atoms with Crippen molar-refractivity contribution in [1.82, 2.24) is 9.78 Å². The van der Waals surface area contributed by atoms with E-state index in [1.807, 2.05) is 24.1 Å². The van der Waals surface area contributed by atoms with E-state index in [4.69, 9.17) is 11.6 Å². The SMILES string of the molecule is CC(CCl)CSc1cnn(C)c1. The van der Waals surface area contributed by atoms with Crippen molar-refractivity contribution in [3.63, 3.8) is 0 Å².